The lowest BCUT2D eigenvalue weighted by molar-refractivity contribution is -0.117. The molecule has 3 atom stereocenters. The number of carbonyl (C=O) groups is 2. The highest BCUT2D eigenvalue weighted by molar-refractivity contribution is 6.26. The summed E-state index contributed by atoms with van der Waals surface area (Å²) in [6.45, 7) is 9.46. The number of hydrogen-bond donors (Lipinski definition) is 1. The van der Waals surface area contributed by atoms with E-state index in [1.165, 1.54) is 12.0 Å². The van der Waals surface area contributed by atoms with Crippen LogP contribution in [0.15, 0.2) is 46.5 Å². The number of nitrogens with zero attached hydrogens (tertiary/aromatic N) is 4. The Bertz CT molecular complexity index is 1080. The standard InChI is InChI=1S/C30H42ClN5O2/c1-20-18-27(31)33-22(3)28(20)29(37)32-15-12-21(2)34-16-13-25(14-17-34)36-26(23-8-5-4-6-9-23)19-35(30(36)38)24-10-7-11-24/h4-6,8-9,21,24-27H,7,10-19H2,1-3H3,(H,32,37)/t21?,26-,27?/m0/s1. The number of urea groups is 1. The fraction of sp³-hybridized carbons (Fsp3) is 0.633. The lowest BCUT2D eigenvalue weighted by atomic mass is 9.91. The summed E-state index contributed by atoms with van der Waals surface area (Å²) in [7, 11) is 0. The summed E-state index contributed by atoms with van der Waals surface area (Å²) in [5.41, 5.74) is 3.40. The molecule has 3 amide bonds. The number of amides is 3. The second-order valence-electron chi connectivity index (χ2n) is 11.5. The van der Waals surface area contributed by atoms with E-state index in [1.54, 1.807) is 0 Å². The number of piperidine rings is 1. The molecule has 38 heavy (non-hydrogen) atoms. The average Bonchev–Trinajstić information content (AvgIpc) is 3.19. The van der Waals surface area contributed by atoms with Crippen LogP contribution in [0.5, 0.6) is 0 Å². The van der Waals surface area contributed by atoms with Gasteiger partial charge in [0.1, 0.15) is 5.50 Å². The molecule has 0 bridgehead atoms. The Labute approximate surface area is 232 Å². The molecule has 1 N–H and O–H groups in total. The maximum atomic E-state index is 13.6. The van der Waals surface area contributed by atoms with Gasteiger partial charge >= 0.3 is 6.03 Å². The number of benzene rings is 1. The van der Waals surface area contributed by atoms with Crippen LogP contribution in [0.4, 0.5) is 4.79 Å². The average molecular weight is 540 g/mol. The van der Waals surface area contributed by atoms with E-state index >= 15 is 0 Å². The van der Waals surface area contributed by atoms with Crippen molar-refractivity contribution in [2.24, 2.45) is 4.99 Å². The van der Waals surface area contributed by atoms with Gasteiger partial charge in [-0.2, -0.15) is 0 Å². The topological polar surface area (TPSA) is 68.2 Å². The van der Waals surface area contributed by atoms with Crippen LogP contribution in [0.2, 0.25) is 0 Å². The van der Waals surface area contributed by atoms with Crippen LogP contribution in [0.3, 0.4) is 0 Å². The van der Waals surface area contributed by atoms with Crippen LogP contribution >= 0.6 is 11.6 Å². The quantitative estimate of drug-likeness (QED) is 0.368. The molecule has 3 heterocycles. The van der Waals surface area contributed by atoms with Crippen molar-refractivity contribution in [3.05, 3.63) is 47.0 Å². The van der Waals surface area contributed by atoms with Gasteiger partial charge in [-0.05, 0) is 64.9 Å². The highest BCUT2D eigenvalue weighted by atomic mass is 35.5. The van der Waals surface area contributed by atoms with E-state index in [0.29, 0.717) is 30.6 Å². The first-order valence-electron chi connectivity index (χ1n) is 14.4. The molecule has 0 spiro atoms. The van der Waals surface area contributed by atoms with Gasteiger partial charge in [-0.3, -0.25) is 9.79 Å². The molecule has 1 aromatic carbocycles. The van der Waals surface area contributed by atoms with Gasteiger partial charge < -0.3 is 20.0 Å². The number of likely N-dealkylation sites (tertiary alicyclic amines) is 1. The first-order chi connectivity index (χ1) is 18.3. The molecule has 2 saturated heterocycles. The zero-order valence-corrected chi connectivity index (χ0v) is 23.8. The first kappa shape index (κ1) is 27.2. The maximum absolute atomic E-state index is 13.6. The van der Waals surface area contributed by atoms with Crippen molar-refractivity contribution in [1.29, 1.82) is 0 Å². The third-order valence-corrected chi connectivity index (χ3v) is 9.31. The number of hydrogen-bond acceptors (Lipinski definition) is 4. The summed E-state index contributed by atoms with van der Waals surface area (Å²) in [4.78, 5) is 37.7. The second kappa shape index (κ2) is 11.8. The van der Waals surface area contributed by atoms with Crippen molar-refractivity contribution >= 4 is 29.3 Å². The van der Waals surface area contributed by atoms with E-state index in [9.17, 15) is 9.59 Å². The minimum absolute atomic E-state index is 0.0475. The minimum Gasteiger partial charge on any atom is -0.352 e. The summed E-state index contributed by atoms with van der Waals surface area (Å²) in [6, 6.07) is 12.0. The molecule has 0 aromatic heterocycles. The smallest absolute Gasteiger partial charge is 0.321 e. The van der Waals surface area contributed by atoms with Gasteiger partial charge in [-0.15, -0.1) is 0 Å². The van der Waals surface area contributed by atoms with Gasteiger partial charge in [-0.1, -0.05) is 47.5 Å². The lowest BCUT2D eigenvalue weighted by Gasteiger charge is -2.41. The summed E-state index contributed by atoms with van der Waals surface area (Å²) in [5.74, 6) is -0.0475. The molecule has 1 saturated carbocycles. The molecule has 7 nitrogen and oxygen atoms in total. The Morgan fingerprint density at radius 2 is 1.82 bits per heavy atom. The van der Waals surface area contributed by atoms with Gasteiger partial charge in [0, 0.05) is 56.4 Å². The largest absolute Gasteiger partial charge is 0.352 e. The van der Waals surface area contributed by atoms with Crippen molar-refractivity contribution in [3.8, 4) is 0 Å². The number of halogens is 1. The Morgan fingerprint density at radius 3 is 2.45 bits per heavy atom. The highest BCUT2D eigenvalue weighted by Crippen LogP contribution is 2.39. The van der Waals surface area contributed by atoms with Crippen LogP contribution < -0.4 is 5.32 Å². The van der Waals surface area contributed by atoms with Crippen LogP contribution in [0.25, 0.3) is 0 Å². The molecule has 3 fully saturated rings. The van der Waals surface area contributed by atoms with Gasteiger partial charge in [0.15, 0.2) is 0 Å². The maximum Gasteiger partial charge on any atom is 0.321 e. The van der Waals surface area contributed by atoms with Gasteiger partial charge in [-0.25, -0.2) is 4.79 Å². The van der Waals surface area contributed by atoms with Crippen molar-refractivity contribution in [2.45, 2.75) is 95.4 Å². The third-order valence-electron chi connectivity index (χ3n) is 9.06. The zero-order chi connectivity index (χ0) is 26.8. The Balaban J connectivity index is 1.14. The van der Waals surface area contributed by atoms with Gasteiger partial charge in [0.2, 0.25) is 0 Å². The van der Waals surface area contributed by atoms with Crippen molar-refractivity contribution in [2.75, 3.05) is 26.2 Å². The molecule has 1 aromatic rings. The third kappa shape index (κ3) is 5.64. The Morgan fingerprint density at radius 1 is 1.11 bits per heavy atom. The molecule has 5 rings (SSSR count). The molecular formula is C30H42ClN5O2. The van der Waals surface area contributed by atoms with E-state index in [1.807, 2.05) is 19.9 Å². The van der Waals surface area contributed by atoms with E-state index in [4.69, 9.17) is 11.6 Å². The number of dihydropyridines is 1. The molecule has 1 aliphatic carbocycles. The lowest BCUT2D eigenvalue weighted by Crippen LogP contribution is -2.50. The summed E-state index contributed by atoms with van der Waals surface area (Å²) < 4.78 is 0. The van der Waals surface area contributed by atoms with Gasteiger partial charge in [0.05, 0.1) is 11.6 Å². The predicted octanol–water partition coefficient (Wildman–Crippen LogP) is 5.12. The monoisotopic (exact) mass is 539 g/mol. The summed E-state index contributed by atoms with van der Waals surface area (Å²) in [5, 5.41) is 3.10. The number of alkyl halides is 1. The van der Waals surface area contributed by atoms with E-state index in [0.717, 1.165) is 63.0 Å². The highest BCUT2D eigenvalue weighted by Gasteiger charge is 2.46. The SMILES string of the molecule is CC1=NC(Cl)CC(C)=C1C(=O)NCCC(C)N1CCC(N2C(=O)N(C3CCC3)C[C@H]2c2ccccc2)CC1. The first-order valence-corrected chi connectivity index (χ1v) is 14.8. The number of rotatable bonds is 8. The second-order valence-corrected chi connectivity index (χ2v) is 12.0. The van der Waals surface area contributed by atoms with Crippen LogP contribution in [-0.4, -0.2) is 82.2 Å². The molecule has 2 unspecified atom stereocenters. The van der Waals surface area contributed by atoms with Crippen molar-refractivity contribution < 1.29 is 9.59 Å². The molecule has 206 valence electrons. The molecule has 4 aliphatic rings. The van der Waals surface area contributed by atoms with E-state index < -0.39 is 0 Å². The molecule has 3 aliphatic heterocycles. The van der Waals surface area contributed by atoms with E-state index in [-0.39, 0.29) is 29.5 Å². The van der Waals surface area contributed by atoms with Gasteiger partial charge in [0.25, 0.3) is 5.91 Å². The van der Waals surface area contributed by atoms with Crippen LogP contribution in [-0.2, 0) is 4.79 Å². The number of aliphatic imine (C=N–C) groups is 1. The number of carbonyl (C=O) groups excluding carboxylic acids is 2. The normalized spacial score (nSPS) is 26.4. The van der Waals surface area contributed by atoms with Crippen molar-refractivity contribution in [1.82, 2.24) is 20.0 Å². The molecule has 8 heteroatoms. The summed E-state index contributed by atoms with van der Waals surface area (Å²) >= 11 is 6.15. The molecular weight excluding hydrogens is 498 g/mol. The molecule has 0 radical (unpaired) electrons. The number of nitrogens with one attached hydrogen (secondary N) is 1. The predicted molar refractivity (Wildman–Crippen MR) is 153 cm³/mol. The Kier molecular flexibility index (Phi) is 8.44. The fourth-order valence-corrected chi connectivity index (χ4v) is 6.98. The Hall–Kier alpha value is -2.38. The van der Waals surface area contributed by atoms with Crippen LogP contribution in [0.1, 0.15) is 77.3 Å². The zero-order valence-electron chi connectivity index (χ0n) is 23.0. The van der Waals surface area contributed by atoms with Crippen LogP contribution in [0, 0.1) is 0 Å². The minimum atomic E-state index is -0.269. The fourth-order valence-electron chi connectivity index (χ4n) is 6.60. The summed E-state index contributed by atoms with van der Waals surface area (Å²) in [6.07, 6.45) is 7.02. The van der Waals surface area contributed by atoms with E-state index in [2.05, 4.69) is 56.2 Å². The van der Waals surface area contributed by atoms with Crippen molar-refractivity contribution in [3.63, 3.8) is 0 Å².